The number of pyridine rings is 1. The second-order valence-electron chi connectivity index (χ2n) is 6.61. The van der Waals surface area contributed by atoms with Crippen LogP contribution in [-0.2, 0) is 11.2 Å². The maximum Gasteiger partial charge on any atom is 0.227 e. The van der Waals surface area contributed by atoms with Gasteiger partial charge in [0.05, 0.1) is 13.5 Å². The number of hydrogen-bond donors (Lipinski definition) is 1. The highest BCUT2D eigenvalue weighted by Gasteiger charge is 2.23. The highest BCUT2D eigenvalue weighted by atomic mass is 79.9. The van der Waals surface area contributed by atoms with Gasteiger partial charge in [-0.1, -0.05) is 18.2 Å². The fourth-order valence-electron chi connectivity index (χ4n) is 3.22. The van der Waals surface area contributed by atoms with Crippen molar-refractivity contribution in [3.8, 4) is 5.75 Å². The number of benzene rings is 1. The largest absolute Gasteiger partial charge is 0.496 e. The summed E-state index contributed by atoms with van der Waals surface area (Å²) in [4.78, 5) is 19.0. The molecule has 1 N–H and O–H groups in total. The van der Waals surface area contributed by atoms with E-state index in [4.69, 9.17) is 4.74 Å². The lowest BCUT2D eigenvalue weighted by Crippen LogP contribution is -2.43. The van der Waals surface area contributed by atoms with Crippen molar-refractivity contribution < 1.29 is 9.53 Å². The molecule has 3 rings (SSSR count). The molecule has 1 saturated heterocycles. The van der Waals surface area contributed by atoms with Crippen molar-refractivity contribution in [1.82, 2.24) is 9.88 Å². The molecule has 2 aromatic rings. The number of nitrogens with zero attached hydrogens (tertiary/aromatic N) is 2. The Morgan fingerprint density at radius 3 is 2.77 bits per heavy atom. The molecule has 6 heteroatoms. The summed E-state index contributed by atoms with van der Waals surface area (Å²) in [6, 6.07) is 10.1. The lowest BCUT2D eigenvalue weighted by Gasteiger charge is -2.33. The number of anilines is 1. The quantitative estimate of drug-likeness (QED) is 0.803. The first-order valence-corrected chi connectivity index (χ1v) is 9.64. The summed E-state index contributed by atoms with van der Waals surface area (Å²) in [6.07, 6.45) is 4.06. The molecule has 0 saturated carbocycles. The van der Waals surface area contributed by atoms with E-state index in [-0.39, 0.29) is 5.91 Å². The number of hydrogen-bond acceptors (Lipinski definition) is 4. The molecule has 0 spiro atoms. The highest BCUT2D eigenvalue weighted by molar-refractivity contribution is 9.10. The number of carbonyl (C=O) groups excluding carboxylic acids is 1. The number of likely N-dealkylation sites (tertiary alicyclic amines) is 1. The zero-order chi connectivity index (χ0) is 18.5. The second-order valence-corrected chi connectivity index (χ2v) is 7.46. The van der Waals surface area contributed by atoms with Crippen molar-refractivity contribution in [3.63, 3.8) is 0 Å². The van der Waals surface area contributed by atoms with Crippen LogP contribution in [0.25, 0.3) is 0 Å². The van der Waals surface area contributed by atoms with Crippen molar-refractivity contribution in [2.45, 2.75) is 32.2 Å². The zero-order valence-electron chi connectivity index (χ0n) is 15.2. The number of nitrogens with one attached hydrogen (secondary N) is 1. The van der Waals surface area contributed by atoms with Crippen LogP contribution in [0.2, 0.25) is 0 Å². The second kappa shape index (κ2) is 8.54. The topological polar surface area (TPSA) is 54.5 Å². The fraction of sp³-hybridized carbons (Fsp3) is 0.400. The standard InChI is InChI=1S/C20H24BrN3O2/c1-14-11-19(22-13-17(14)21)23-16-7-9-24(10-8-16)20(25)12-15-5-3-4-6-18(15)26-2/h3-6,11,13,16H,7-10,12H2,1-2H3,(H,22,23). The van der Waals surface area contributed by atoms with Gasteiger partial charge in [0.25, 0.3) is 0 Å². The molecule has 2 heterocycles. The maximum atomic E-state index is 12.6. The van der Waals surface area contributed by atoms with Crippen LogP contribution in [0.1, 0.15) is 24.0 Å². The molecule has 1 amide bonds. The van der Waals surface area contributed by atoms with Crippen molar-refractivity contribution in [1.29, 1.82) is 0 Å². The molecule has 1 aromatic heterocycles. The lowest BCUT2D eigenvalue weighted by atomic mass is 10.0. The molecule has 0 atom stereocenters. The number of methoxy groups -OCH3 is 1. The van der Waals surface area contributed by atoms with Crippen LogP contribution >= 0.6 is 15.9 Å². The molecule has 0 radical (unpaired) electrons. The third kappa shape index (κ3) is 4.55. The average Bonchev–Trinajstić information content (AvgIpc) is 2.66. The van der Waals surface area contributed by atoms with Gasteiger partial charge in [0.15, 0.2) is 0 Å². The molecular weight excluding hydrogens is 394 g/mol. The summed E-state index contributed by atoms with van der Waals surface area (Å²) in [5, 5.41) is 3.49. The Bertz CT molecular complexity index is 773. The van der Waals surface area contributed by atoms with Crippen LogP contribution in [0.5, 0.6) is 5.75 Å². The first-order valence-electron chi connectivity index (χ1n) is 8.85. The van der Waals surface area contributed by atoms with E-state index in [0.717, 1.165) is 53.1 Å². The summed E-state index contributed by atoms with van der Waals surface area (Å²) < 4.78 is 6.36. The molecule has 26 heavy (non-hydrogen) atoms. The number of rotatable bonds is 5. The van der Waals surface area contributed by atoms with E-state index in [1.165, 1.54) is 0 Å². The Hall–Kier alpha value is -2.08. The van der Waals surface area contributed by atoms with Crippen LogP contribution in [0.4, 0.5) is 5.82 Å². The molecule has 1 aromatic carbocycles. The Labute approximate surface area is 162 Å². The number of ether oxygens (including phenoxy) is 1. The zero-order valence-corrected chi connectivity index (χ0v) is 16.8. The number of piperidine rings is 1. The van der Waals surface area contributed by atoms with Gasteiger partial charge in [-0.15, -0.1) is 0 Å². The van der Waals surface area contributed by atoms with E-state index >= 15 is 0 Å². The predicted octanol–water partition coefficient (Wildman–Crippen LogP) is 3.81. The third-order valence-electron chi connectivity index (χ3n) is 4.78. The Morgan fingerprint density at radius 2 is 2.08 bits per heavy atom. The Kier molecular flexibility index (Phi) is 6.14. The van der Waals surface area contributed by atoms with E-state index in [0.29, 0.717) is 12.5 Å². The van der Waals surface area contributed by atoms with Gasteiger partial charge in [-0.25, -0.2) is 4.98 Å². The Balaban J connectivity index is 1.53. The maximum absolute atomic E-state index is 12.6. The minimum Gasteiger partial charge on any atom is -0.496 e. The lowest BCUT2D eigenvalue weighted by molar-refractivity contribution is -0.131. The van der Waals surface area contributed by atoms with Gasteiger partial charge in [-0.2, -0.15) is 0 Å². The summed E-state index contributed by atoms with van der Waals surface area (Å²) in [6.45, 7) is 3.58. The third-order valence-corrected chi connectivity index (χ3v) is 5.61. The first-order chi connectivity index (χ1) is 12.6. The number of amides is 1. The van der Waals surface area contributed by atoms with Gasteiger partial charge < -0.3 is 15.0 Å². The average molecular weight is 418 g/mol. The molecule has 5 nitrogen and oxygen atoms in total. The Morgan fingerprint density at radius 1 is 1.35 bits per heavy atom. The highest BCUT2D eigenvalue weighted by Crippen LogP contribution is 2.22. The van der Waals surface area contributed by atoms with Gasteiger partial charge in [0, 0.05) is 35.4 Å². The molecule has 1 fully saturated rings. The fourth-order valence-corrected chi connectivity index (χ4v) is 3.44. The van der Waals surface area contributed by atoms with Gasteiger partial charge >= 0.3 is 0 Å². The monoisotopic (exact) mass is 417 g/mol. The van der Waals surface area contributed by atoms with Crippen LogP contribution in [0, 0.1) is 6.92 Å². The van der Waals surface area contributed by atoms with E-state index in [9.17, 15) is 4.79 Å². The van der Waals surface area contributed by atoms with E-state index in [1.807, 2.05) is 41.4 Å². The first kappa shape index (κ1) is 18.7. The van der Waals surface area contributed by atoms with Gasteiger partial charge in [0.2, 0.25) is 5.91 Å². The van der Waals surface area contributed by atoms with Crippen LogP contribution < -0.4 is 10.1 Å². The van der Waals surface area contributed by atoms with Crippen molar-refractivity contribution in [2.75, 3.05) is 25.5 Å². The normalized spacial score (nSPS) is 15.0. The van der Waals surface area contributed by atoms with Crippen LogP contribution in [0.3, 0.4) is 0 Å². The predicted molar refractivity (Wildman–Crippen MR) is 107 cm³/mol. The summed E-state index contributed by atoms with van der Waals surface area (Å²) in [5.74, 6) is 1.82. The molecule has 0 aliphatic carbocycles. The van der Waals surface area contributed by atoms with Gasteiger partial charge in [0.1, 0.15) is 11.6 Å². The van der Waals surface area contributed by atoms with Crippen molar-refractivity contribution in [3.05, 3.63) is 52.1 Å². The summed E-state index contributed by atoms with van der Waals surface area (Å²) >= 11 is 3.47. The minimum atomic E-state index is 0.158. The van der Waals surface area contributed by atoms with Gasteiger partial charge in [-0.3, -0.25) is 4.79 Å². The SMILES string of the molecule is COc1ccccc1CC(=O)N1CCC(Nc2cc(C)c(Br)cn2)CC1. The number of para-hydroxylation sites is 1. The van der Waals surface area contributed by atoms with E-state index < -0.39 is 0 Å². The number of carbonyl (C=O) groups is 1. The van der Waals surface area contributed by atoms with Crippen molar-refractivity contribution >= 4 is 27.7 Å². The van der Waals surface area contributed by atoms with Crippen LogP contribution in [-0.4, -0.2) is 42.0 Å². The van der Waals surface area contributed by atoms with E-state index in [2.05, 4.69) is 33.2 Å². The molecule has 138 valence electrons. The molecule has 0 bridgehead atoms. The summed E-state index contributed by atoms with van der Waals surface area (Å²) in [5.41, 5.74) is 2.10. The molecule has 0 unspecified atom stereocenters. The van der Waals surface area contributed by atoms with Gasteiger partial charge in [-0.05, 0) is 53.4 Å². The molecule has 1 aliphatic heterocycles. The van der Waals surface area contributed by atoms with Crippen LogP contribution in [0.15, 0.2) is 41.0 Å². The number of aromatic nitrogens is 1. The molecular formula is C20H24BrN3O2. The summed E-state index contributed by atoms with van der Waals surface area (Å²) in [7, 11) is 1.64. The minimum absolute atomic E-state index is 0.158. The number of aryl methyl sites for hydroxylation is 1. The smallest absolute Gasteiger partial charge is 0.227 e. The van der Waals surface area contributed by atoms with E-state index in [1.54, 1.807) is 7.11 Å². The molecule has 1 aliphatic rings. The van der Waals surface area contributed by atoms with Crippen molar-refractivity contribution in [2.24, 2.45) is 0 Å². The number of halogens is 1.